The topological polar surface area (TPSA) is 117 Å². The van der Waals surface area contributed by atoms with Crippen LogP contribution in [-0.2, 0) is 19.1 Å². The number of hydrogen-bond donors (Lipinski definition) is 3. The molecule has 32 heavy (non-hydrogen) atoms. The van der Waals surface area contributed by atoms with Crippen LogP contribution in [0.5, 0.6) is 0 Å². The minimum Gasteiger partial charge on any atom is -0.377 e. The van der Waals surface area contributed by atoms with Gasteiger partial charge in [0.05, 0.1) is 12.6 Å². The third kappa shape index (κ3) is 5.74. The number of nitrogens with zero attached hydrogens (tertiary/aromatic N) is 2. The number of nitrogens with two attached hydrogens (primary N) is 1. The third-order valence-electron chi connectivity index (χ3n) is 6.85. The SMILES string of the molecule is CCOC1CC2CN(C(=O)C(NC(=O)CNC)C3CCC(F)(F)CC3)C(C(N)=O)CN2C1. The molecular weight excluding hydrogens is 424 g/mol. The first kappa shape index (κ1) is 24.8. The van der Waals surface area contributed by atoms with E-state index >= 15 is 0 Å². The molecule has 3 aliphatic rings. The molecule has 4 N–H and O–H groups in total. The van der Waals surface area contributed by atoms with Crippen LogP contribution in [0.1, 0.15) is 39.0 Å². The maximum Gasteiger partial charge on any atom is 0.248 e. The lowest BCUT2D eigenvalue weighted by atomic mass is 9.81. The number of halogens is 2. The van der Waals surface area contributed by atoms with Gasteiger partial charge >= 0.3 is 0 Å². The van der Waals surface area contributed by atoms with Crippen molar-refractivity contribution in [1.82, 2.24) is 20.4 Å². The first-order valence-electron chi connectivity index (χ1n) is 11.4. The van der Waals surface area contributed by atoms with Gasteiger partial charge in [0.2, 0.25) is 23.6 Å². The molecule has 2 aliphatic heterocycles. The summed E-state index contributed by atoms with van der Waals surface area (Å²) >= 11 is 0. The molecule has 182 valence electrons. The number of hydrogen-bond acceptors (Lipinski definition) is 6. The van der Waals surface area contributed by atoms with Crippen molar-refractivity contribution in [3.63, 3.8) is 0 Å². The van der Waals surface area contributed by atoms with E-state index in [9.17, 15) is 23.2 Å². The summed E-state index contributed by atoms with van der Waals surface area (Å²) in [6.45, 7) is 3.76. The fourth-order valence-electron chi connectivity index (χ4n) is 5.21. The Morgan fingerprint density at radius 2 is 1.88 bits per heavy atom. The second kappa shape index (κ2) is 10.4. The standard InChI is InChI=1S/C21H35F2N5O4/c1-3-32-15-8-14-10-28(16(19(24)30)12-27(14)11-15)20(31)18(26-17(29)9-25-2)13-4-6-21(22,23)7-5-13/h13-16,18,25H,3-12H2,1-2H3,(H2,24,30)(H,26,29). The number of amides is 3. The number of carbonyl (C=O) groups is 3. The van der Waals surface area contributed by atoms with Crippen LogP contribution in [0.3, 0.4) is 0 Å². The lowest BCUT2D eigenvalue weighted by molar-refractivity contribution is -0.149. The van der Waals surface area contributed by atoms with Crippen LogP contribution in [0, 0.1) is 5.92 Å². The van der Waals surface area contributed by atoms with E-state index in [2.05, 4.69) is 15.5 Å². The molecule has 1 aliphatic carbocycles. The molecule has 3 rings (SSSR count). The van der Waals surface area contributed by atoms with Gasteiger partial charge < -0.3 is 26.0 Å². The Labute approximate surface area is 187 Å². The van der Waals surface area contributed by atoms with E-state index in [4.69, 9.17) is 10.5 Å². The maximum absolute atomic E-state index is 13.7. The second-order valence-corrected chi connectivity index (χ2v) is 9.10. The van der Waals surface area contributed by atoms with Crippen molar-refractivity contribution < 1.29 is 27.9 Å². The summed E-state index contributed by atoms with van der Waals surface area (Å²) in [5.41, 5.74) is 5.65. The molecule has 0 radical (unpaired) electrons. The van der Waals surface area contributed by atoms with Crippen molar-refractivity contribution >= 4 is 17.7 Å². The van der Waals surface area contributed by atoms with Gasteiger partial charge in [0.1, 0.15) is 12.1 Å². The number of primary amides is 1. The van der Waals surface area contributed by atoms with Gasteiger partial charge in [-0.1, -0.05) is 0 Å². The van der Waals surface area contributed by atoms with Gasteiger partial charge in [-0.25, -0.2) is 8.78 Å². The van der Waals surface area contributed by atoms with Gasteiger partial charge in [-0.15, -0.1) is 0 Å². The number of piperazine rings is 1. The number of carbonyl (C=O) groups excluding carboxylic acids is 3. The molecule has 9 nitrogen and oxygen atoms in total. The van der Waals surface area contributed by atoms with E-state index in [1.807, 2.05) is 6.92 Å². The van der Waals surface area contributed by atoms with Gasteiger partial charge in [0.25, 0.3) is 0 Å². The molecule has 0 aromatic rings. The summed E-state index contributed by atoms with van der Waals surface area (Å²) in [6.07, 6.45) is 0.362. The highest BCUT2D eigenvalue weighted by Crippen LogP contribution is 2.38. The van der Waals surface area contributed by atoms with Crippen LogP contribution >= 0.6 is 0 Å². The monoisotopic (exact) mass is 459 g/mol. The Bertz CT molecular complexity index is 700. The molecule has 0 aromatic heterocycles. The molecule has 3 fully saturated rings. The predicted molar refractivity (Wildman–Crippen MR) is 113 cm³/mol. The third-order valence-corrected chi connectivity index (χ3v) is 6.85. The average Bonchev–Trinajstić information content (AvgIpc) is 3.12. The smallest absolute Gasteiger partial charge is 0.248 e. The van der Waals surface area contributed by atoms with E-state index in [1.165, 1.54) is 4.90 Å². The molecule has 0 bridgehead atoms. The molecule has 3 amide bonds. The number of likely N-dealkylation sites (N-methyl/N-ethyl adjacent to an activating group) is 1. The molecule has 4 atom stereocenters. The minimum absolute atomic E-state index is 0.00164. The molecule has 2 saturated heterocycles. The molecule has 2 heterocycles. The second-order valence-electron chi connectivity index (χ2n) is 9.10. The van der Waals surface area contributed by atoms with Gasteiger partial charge in [-0.2, -0.15) is 0 Å². The highest BCUT2D eigenvalue weighted by Gasteiger charge is 2.47. The Morgan fingerprint density at radius 1 is 1.19 bits per heavy atom. The lowest BCUT2D eigenvalue weighted by Crippen LogP contribution is -2.66. The minimum atomic E-state index is -2.75. The van der Waals surface area contributed by atoms with E-state index < -0.39 is 41.6 Å². The number of ether oxygens (including phenoxy) is 1. The van der Waals surface area contributed by atoms with E-state index in [0.717, 1.165) is 6.42 Å². The Balaban J connectivity index is 1.79. The highest BCUT2D eigenvalue weighted by molar-refractivity contribution is 5.92. The maximum atomic E-state index is 13.7. The van der Waals surface area contributed by atoms with Gasteiger partial charge in [0, 0.05) is 45.1 Å². The lowest BCUT2D eigenvalue weighted by Gasteiger charge is -2.44. The largest absolute Gasteiger partial charge is 0.377 e. The first-order valence-corrected chi connectivity index (χ1v) is 11.4. The van der Waals surface area contributed by atoms with Crippen LogP contribution in [-0.4, -0.2) is 97.5 Å². The van der Waals surface area contributed by atoms with Crippen LogP contribution in [0.4, 0.5) is 8.78 Å². The Hall–Kier alpha value is -1.85. The van der Waals surface area contributed by atoms with Crippen molar-refractivity contribution in [2.45, 2.75) is 69.2 Å². The van der Waals surface area contributed by atoms with E-state index in [-0.39, 0.29) is 50.9 Å². The Morgan fingerprint density at radius 3 is 2.47 bits per heavy atom. The van der Waals surface area contributed by atoms with Gasteiger partial charge in [-0.3, -0.25) is 19.3 Å². The summed E-state index contributed by atoms with van der Waals surface area (Å²) in [7, 11) is 1.61. The Kier molecular flexibility index (Phi) is 8.05. The van der Waals surface area contributed by atoms with Crippen molar-refractivity contribution in [2.24, 2.45) is 11.7 Å². The fourth-order valence-corrected chi connectivity index (χ4v) is 5.21. The summed E-state index contributed by atoms with van der Waals surface area (Å²) < 4.78 is 33.2. The van der Waals surface area contributed by atoms with Crippen molar-refractivity contribution in [1.29, 1.82) is 0 Å². The van der Waals surface area contributed by atoms with E-state index in [0.29, 0.717) is 19.7 Å². The van der Waals surface area contributed by atoms with Crippen LogP contribution in [0.15, 0.2) is 0 Å². The normalized spacial score (nSPS) is 29.4. The van der Waals surface area contributed by atoms with Crippen molar-refractivity contribution in [3.8, 4) is 0 Å². The highest BCUT2D eigenvalue weighted by atomic mass is 19.3. The number of nitrogens with one attached hydrogen (secondary N) is 2. The molecule has 0 aromatic carbocycles. The van der Waals surface area contributed by atoms with Crippen LogP contribution in [0.25, 0.3) is 0 Å². The number of rotatable bonds is 8. The average molecular weight is 460 g/mol. The van der Waals surface area contributed by atoms with E-state index in [1.54, 1.807) is 7.05 Å². The molecule has 4 unspecified atom stereocenters. The van der Waals surface area contributed by atoms with Crippen LogP contribution in [0.2, 0.25) is 0 Å². The zero-order chi connectivity index (χ0) is 23.5. The number of alkyl halides is 2. The molecule has 11 heteroatoms. The zero-order valence-corrected chi connectivity index (χ0v) is 18.8. The van der Waals surface area contributed by atoms with Gasteiger partial charge in [-0.05, 0) is 39.2 Å². The summed E-state index contributed by atoms with van der Waals surface area (Å²) in [6, 6.07) is -1.78. The summed E-state index contributed by atoms with van der Waals surface area (Å²) in [4.78, 5) is 41.8. The van der Waals surface area contributed by atoms with Gasteiger partial charge in [0.15, 0.2) is 0 Å². The first-order chi connectivity index (χ1) is 15.1. The fraction of sp³-hybridized carbons (Fsp3) is 0.857. The quantitative estimate of drug-likeness (QED) is 0.459. The predicted octanol–water partition coefficient (Wildman–Crippen LogP) is -0.308. The van der Waals surface area contributed by atoms with Crippen LogP contribution < -0.4 is 16.4 Å². The summed E-state index contributed by atoms with van der Waals surface area (Å²) in [5, 5.41) is 5.46. The number of fused-ring (bicyclic) bond motifs is 1. The molecule has 0 spiro atoms. The molecular formula is C21H35F2N5O4. The van der Waals surface area contributed by atoms with Crippen molar-refractivity contribution in [2.75, 3.05) is 39.8 Å². The summed E-state index contributed by atoms with van der Waals surface area (Å²) in [5.74, 6) is -4.61. The zero-order valence-electron chi connectivity index (χ0n) is 18.8. The molecule has 1 saturated carbocycles. The van der Waals surface area contributed by atoms with Crippen molar-refractivity contribution in [3.05, 3.63) is 0 Å².